The molecule has 0 aliphatic heterocycles. The molecule has 6 nitrogen and oxygen atoms in total. The smallest absolute Gasteiger partial charge is 0.385 e. The monoisotopic (exact) mass is 630 g/mol. The number of hydrogen-bond donors (Lipinski definition) is 2. The molecule has 4 N–H and O–H groups in total. The Balaban J connectivity index is 1.92. The first-order valence-electron chi connectivity index (χ1n) is 15.2. The van der Waals surface area contributed by atoms with Gasteiger partial charge in [0.25, 0.3) is 16.6 Å². The van der Waals surface area contributed by atoms with Gasteiger partial charge in [0.05, 0.1) is 0 Å². The van der Waals surface area contributed by atoms with Gasteiger partial charge in [-0.05, 0) is 58.8 Å². The molecule has 4 aromatic carbocycles. The van der Waals surface area contributed by atoms with Crippen LogP contribution in [-0.4, -0.2) is 53.0 Å². The van der Waals surface area contributed by atoms with Gasteiger partial charge in [0.2, 0.25) is 0 Å². The molecule has 0 aliphatic carbocycles. The minimum absolute atomic E-state index is 0.626. The van der Waals surface area contributed by atoms with Crippen LogP contribution in [0.1, 0.15) is 25.7 Å². The van der Waals surface area contributed by atoms with E-state index in [1.165, 1.54) is 0 Å². The molecule has 43 heavy (non-hydrogen) atoms. The van der Waals surface area contributed by atoms with E-state index in [4.69, 9.17) is 28.5 Å². The van der Waals surface area contributed by atoms with Gasteiger partial charge in [-0.25, -0.2) is 0 Å². The Labute approximate surface area is 260 Å². The SMILES string of the molecule is CO[Si](OC)(O[Si](CCCCN)(c1ccccc1)c1ccccc1)O[Si](CCCCN)(c1ccccc1)c1ccccc1. The highest BCUT2D eigenvalue weighted by atomic mass is 28.5. The van der Waals surface area contributed by atoms with E-state index in [-0.39, 0.29) is 0 Å². The van der Waals surface area contributed by atoms with Crippen LogP contribution in [0.15, 0.2) is 121 Å². The summed E-state index contributed by atoms with van der Waals surface area (Å²) in [6.07, 6.45) is 3.64. The molecule has 0 bridgehead atoms. The van der Waals surface area contributed by atoms with Crippen LogP contribution in [0.25, 0.3) is 0 Å². The van der Waals surface area contributed by atoms with Crippen molar-refractivity contribution in [3.63, 3.8) is 0 Å². The first kappa shape index (κ1) is 33.2. The van der Waals surface area contributed by atoms with Crippen LogP contribution in [0, 0.1) is 0 Å². The first-order valence-corrected chi connectivity index (χ1v) is 21.1. The minimum atomic E-state index is -3.80. The number of hydrogen-bond acceptors (Lipinski definition) is 6. The summed E-state index contributed by atoms with van der Waals surface area (Å²) in [5.74, 6) is 0. The second-order valence-electron chi connectivity index (χ2n) is 10.7. The average molecular weight is 631 g/mol. The maximum absolute atomic E-state index is 7.53. The fourth-order valence-electron chi connectivity index (χ4n) is 5.81. The number of benzene rings is 4. The highest BCUT2D eigenvalue weighted by Gasteiger charge is 2.58. The molecule has 228 valence electrons. The molecule has 0 aliphatic rings. The number of nitrogens with two attached hydrogens (primary N) is 2. The lowest BCUT2D eigenvalue weighted by atomic mass is 10.3. The zero-order chi connectivity index (χ0) is 30.4. The predicted molar refractivity (Wildman–Crippen MR) is 184 cm³/mol. The highest BCUT2D eigenvalue weighted by molar-refractivity contribution is 7.04. The summed E-state index contributed by atoms with van der Waals surface area (Å²) in [5.41, 5.74) is 12.0. The van der Waals surface area contributed by atoms with Crippen LogP contribution >= 0.6 is 0 Å². The Kier molecular flexibility index (Phi) is 12.6. The van der Waals surface area contributed by atoms with Crippen molar-refractivity contribution in [3.8, 4) is 0 Å². The minimum Gasteiger partial charge on any atom is -0.385 e. The molecule has 0 atom stereocenters. The van der Waals surface area contributed by atoms with Gasteiger partial charge < -0.3 is 28.5 Å². The van der Waals surface area contributed by atoms with Crippen molar-refractivity contribution in [1.29, 1.82) is 0 Å². The third-order valence-corrected chi connectivity index (χ3v) is 21.0. The van der Waals surface area contributed by atoms with E-state index in [1.807, 2.05) is 24.3 Å². The van der Waals surface area contributed by atoms with Gasteiger partial charge in [0.15, 0.2) is 0 Å². The maximum atomic E-state index is 7.53. The zero-order valence-corrected chi connectivity index (χ0v) is 28.5. The lowest BCUT2D eigenvalue weighted by Gasteiger charge is -2.43. The molecule has 9 heteroatoms. The fourth-order valence-corrected chi connectivity index (χ4v) is 20.2. The van der Waals surface area contributed by atoms with Crippen molar-refractivity contribution in [2.45, 2.75) is 37.8 Å². The van der Waals surface area contributed by atoms with Crippen LogP contribution in [0.4, 0.5) is 0 Å². The molecule has 0 fully saturated rings. The standard InChI is InChI=1S/C34H46N2O4Si3/c1-37-43(38-2,39-41(29-17-15-27-35,31-19-7-3-8-20-31)32-21-9-4-10-22-32)40-42(30-18-16-28-36,33-23-11-5-12-24-33)34-25-13-6-14-26-34/h3-14,19-26H,15-18,27-30,35-36H2,1-2H3. The summed E-state index contributed by atoms with van der Waals surface area (Å²) in [4.78, 5) is 0. The van der Waals surface area contributed by atoms with Crippen LogP contribution < -0.4 is 32.2 Å². The predicted octanol–water partition coefficient (Wildman–Crippen LogP) is 3.75. The van der Waals surface area contributed by atoms with Crippen LogP contribution in [0.2, 0.25) is 12.1 Å². The Morgan fingerprint density at radius 3 is 0.953 bits per heavy atom. The van der Waals surface area contributed by atoms with E-state index in [0.717, 1.165) is 58.5 Å². The number of unbranched alkanes of at least 4 members (excludes halogenated alkanes) is 2. The van der Waals surface area contributed by atoms with E-state index < -0.39 is 25.7 Å². The first-order chi connectivity index (χ1) is 21.1. The molecule has 0 radical (unpaired) electrons. The Morgan fingerprint density at radius 1 is 0.442 bits per heavy atom. The van der Waals surface area contributed by atoms with Gasteiger partial charge in [-0.2, -0.15) is 0 Å². The molecule has 4 rings (SSSR count). The van der Waals surface area contributed by atoms with Crippen molar-refractivity contribution >= 4 is 46.4 Å². The molecule has 0 saturated heterocycles. The summed E-state index contributed by atoms with van der Waals surface area (Å²) in [6.45, 7) is 1.25. The molecular formula is C34H46N2O4Si3. The van der Waals surface area contributed by atoms with E-state index in [0.29, 0.717) is 13.1 Å². The average Bonchev–Trinajstić information content (AvgIpc) is 3.08. The van der Waals surface area contributed by atoms with Crippen molar-refractivity contribution in [3.05, 3.63) is 121 Å². The summed E-state index contributed by atoms with van der Waals surface area (Å²) >= 11 is 0. The molecule has 0 spiro atoms. The van der Waals surface area contributed by atoms with Crippen LogP contribution in [-0.2, 0) is 17.1 Å². The van der Waals surface area contributed by atoms with Crippen LogP contribution in [0.3, 0.4) is 0 Å². The van der Waals surface area contributed by atoms with Crippen molar-refractivity contribution in [2.75, 3.05) is 27.3 Å². The van der Waals surface area contributed by atoms with Crippen molar-refractivity contribution in [1.82, 2.24) is 0 Å². The molecule has 0 saturated carbocycles. The van der Waals surface area contributed by atoms with E-state index in [2.05, 4.69) is 97.1 Å². The van der Waals surface area contributed by atoms with E-state index >= 15 is 0 Å². The van der Waals surface area contributed by atoms with Gasteiger partial charge in [-0.3, -0.25) is 0 Å². The summed E-state index contributed by atoms with van der Waals surface area (Å²) < 4.78 is 27.8. The molecule has 0 aromatic heterocycles. The fraction of sp³-hybridized carbons (Fsp3) is 0.294. The van der Waals surface area contributed by atoms with Crippen molar-refractivity contribution < 1.29 is 17.1 Å². The molecule has 0 amide bonds. The van der Waals surface area contributed by atoms with Gasteiger partial charge in [-0.1, -0.05) is 134 Å². The third kappa shape index (κ3) is 7.88. The maximum Gasteiger partial charge on any atom is 0.658 e. The van der Waals surface area contributed by atoms with Gasteiger partial charge in [0.1, 0.15) is 0 Å². The van der Waals surface area contributed by atoms with Gasteiger partial charge in [-0.15, -0.1) is 0 Å². The van der Waals surface area contributed by atoms with E-state index in [1.54, 1.807) is 14.2 Å². The molecule has 0 unspecified atom stereocenters. The summed E-state index contributed by atoms with van der Waals surface area (Å²) in [6, 6.07) is 43.8. The second-order valence-corrected chi connectivity index (χ2v) is 20.8. The Hall–Kier alpha value is -2.71. The number of rotatable bonds is 18. The lowest BCUT2D eigenvalue weighted by molar-refractivity contribution is 0.0787. The van der Waals surface area contributed by atoms with E-state index in [9.17, 15) is 0 Å². The third-order valence-electron chi connectivity index (χ3n) is 8.02. The lowest BCUT2D eigenvalue weighted by Crippen LogP contribution is -2.73. The Morgan fingerprint density at radius 2 is 0.721 bits per heavy atom. The summed E-state index contributed by atoms with van der Waals surface area (Å²) in [7, 11) is -6.41. The zero-order valence-electron chi connectivity index (χ0n) is 25.5. The van der Waals surface area contributed by atoms with Gasteiger partial charge in [0, 0.05) is 14.2 Å². The highest BCUT2D eigenvalue weighted by Crippen LogP contribution is 2.29. The molecule has 4 aromatic rings. The Bertz CT molecular complexity index is 1150. The molecule has 0 heterocycles. The van der Waals surface area contributed by atoms with Crippen LogP contribution in [0.5, 0.6) is 0 Å². The summed E-state index contributed by atoms with van der Waals surface area (Å²) in [5, 5.41) is 4.62. The quantitative estimate of drug-likeness (QED) is 0.129. The van der Waals surface area contributed by atoms with Crippen molar-refractivity contribution in [2.24, 2.45) is 11.5 Å². The molecular weight excluding hydrogens is 585 g/mol. The topological polar surface area (TPSA) is 89.0 Å². The normalized spacial score (nSPS) is 12.4. The second kappa shape index (κ2) is 16.4. The largest absolute Gasteiger partial charge is 0.658 e. The van der Waals surface area contributed by atoms with Gasteiger partial charge >= 0.3 is 9.05 Å².